The second-order valence-electron chi connectivity index (χ2n) is 2.86. The topological polar surface area (TPSA) is 54.4 Å². The smallest absolute Gasteiger partial charge is 0.153 e. The summed E-state index contributed by atoms with van der Waals surface area (Å²) in [5.41, 5.74) is 0.555. The van der Waals surface area contributed by atoms with Crippen molar-refractivity contribution in [2.45, 2.75) is 6.42 Å². The van der Waals surface area contributed by atoms with Crippen LogP contribution in [0.2, 0.25) is 5.02 Å². The van der Waals surface area contributed by atoms with Crippen molar-refractivity contribution in [3.63, 3.8) is 0 Å². The molecular weight excluding hydrogens is 216 g/mol. The van der Waals surface area contributed by atoms with Gasteiger partial charge in [0.15, 0.2) is 6.29 Å². The first-order valence-electron chi connectivity index (χ1n) is 4.27. The number of phenols is 1. The molecule has 1 rings (SSSR count). The number of carbonyl (C=O) groups excluding carboxylic acids is 2. The molecule has 0 aliphatic heterocycles. The van der Waals surface area contributed by atoms with Gasteiger partial charge in [0.05, 0.1) is 5.56 Å². The number of aromatic hydroxyl groups is 1. The summed E-state index contributed by atoms with van der Waals surface area (Å²) in [6.45, 7) is 0. The molecule has 0 spiro atoms. The molecule has 78 valence electrons. The van der Waals surface area contributed by atoms with Gasteiger partial charge in [-0.05, 0) is 12.1 Å². The van der Waals surface area contributed by atoms with Crippen molar-refractivity contribution in [1.82, 2.24) is 0 Å². The molecule has 4 heteroatoms. The van der Waals surface area contributed by atoms with E-state index in [1.807, 2.05) is 0 Å². The first kappa shape index (κ1) is 11.5. The number of hydrogen-bond donors (Lipinski definition) is 1. The zero-order chi connectivity index (χ0) is 11.3. The molecular formula is C11H9ClO3. The molecule has 0 aliphatic rings. The monoisotopic (exact) mass is 224 g/mol. The molecule has 1 aromatic rings. The summed E-state index contributed by atoms with van der Waals surface area (Å²) in [5, 5.41) is 9.94. The summed E-state index contributed by atoms with van der Waals surface area (Å²) in [5.74, 6) is -0.128. The highest BCUT2D eigenvalue weighted by atomic mass is 35.5. The Balaban J connectivity index is 3.11. The third-order valence-corrected chi connectivity index (χ3v) is 2.01. The van der Waals surface area contributed by atoms with Crippen molar-refractivity contribution in [3.05, 3.63) is 34.4 Å². The fourth-order valence-electron chi connectivity index (χ4n) is 1.11. The molecule has 0 unspecified atom stereocenters. The maximum Gasteiger partial charge on any atom is 0.153 e. The van der Waals surface area contributed by atoms with E-state index in [1.54, 1.807) is 12.2 Å². The van der Waals surface area contributed by atoms with Crippen LogP contribution in [0.15, 0.2) is 18.2 Å². The summed E-state index contributed by atoms with van der Waals surface area (Å²) < 4.78 is 0. The van der Waals surface area contributed by atoms with Crippen molar-refractivity contribution in [3.8, 4) is 5.75 Å². The maximum absolute atomic E-state index is 10.6. The maximum atomic E-state index is 10.6. The van der Waals surface area contributed by atoms with Crippen LogP contribution in [0.5, 0.6) is 5.75 Å². The molecule has 3 nitrogen and oxygen atoms in total. The highest BCUT2D eigenvalue weighted by molar-refractivity contribution is 6.31. The van der Waals surface area contributed by atoms with E-state index < -0.39 is 0 Å². The van der Waals surface area contributed by atoms with Crippen LogP contribution in [0.25, 0.3) is 6.08 Å². The van der Waals surface area contributed by atoms with Gasteiger partial charge in [0, 0.05) is 17.0 Å². The molecule has 0 heterocycles. The SMILES string of the molecule is O=CCC=Cc1cc(Cl)cc(C=O)c1O. The van der Waals surface area contributed by atoms with Crippen molar-refractivity contribution < 1.29 is 14.7 Å². The number of hydrogen-bond acceptors (Lipinski definition) is 3. The van der Waals surface area contributed by atoms with Crippen molar-refractivity contribution in [2.75, 3.05) is 0 Å². The summed E-state index contributed by atoms with van der Waals surface area (Å²) in [6, 6.07) is 2.89. The fourth-order valence-corrected chi connectivity index (χ4v) is 1.34. The van der Waals surface area contributed by atoms with Gasteiger partial charge in [0.2, 0.25) is 0 Å². The molecule has 0 aromatic heterocycles. The van der Waals surface area contributed by atoms with Gasteiger partial charge in [0.1, 0.15) is 12.0 Å². The highest BCUT2D eigenvalue weighted by Gasteiger charge is 2.06. The predicted octanol–water partition coefficient (Wildman–Crippen LogP) is 2.46. The van der Waals surface area contributed by atoms with E-state index in [-0.39, 0.29) is 17.7 Å². The second kappa shape index (κ2) is 5.32. The molecule has 1 N–H and O–H groups in total. The standard InChI is InChI=1S/C11H9ClO3/c12-10-5-8(3-1-2-4-13)11(15)9(6-10)7-14/h1,3-7,15H,2H2. The Morgan fingerprint density at radius 1 is 1.27 bits per heavy atom. The lowest BCUT2D eigenvalue weighted by molar-refractivity contribution is -0.107. The number of phenolic OH excluding ortho intramolecular Hbond substituents is 1. The van der Waals surface area contributed by atoms with Gasteiger partial charge in [-0.25, -0.2) is 0 Å². The molecule has 0 amide bonds. The Morgan fingerprint density at radius 2 is 1.93 bits per heavy atom. The Morgan fingerprint density at radius 3 is 2.53 bits per heavy atom. The molecule has 0 saturated carbocycles. The van der Waals surface area contributed by atoms with Crippen LogP contribution in [0, 0.1) is 0 Å². The normalized spacial score (nSPS) is 10.5. The lowest BCUT2D eigenvalue weighted by Crippen LogP contribution is -1.85. The molecule has 1 aromatic carbocycles. The van der Waals surface area contributed by atoms with Crippen LogP contribution < -0.4 is 0 Å². The Hall–Kier alpha value is -1.61. The zero-order valence-electron chi connectivity index (χ0n) is 7.81. The van der Waals surface area contributed by atoms with Gasteiger partial charge in [-0.1, -0.05) is 23.8 Å². The lowest BCUT2D eigenvalue weighted by Gasteiger charge is -2.02. The van der Waals surface area contributed by atoms with Gasteiger partial charge in [-0.3, -0.25) is 4.79 Å². The van der Waals surface area contributed by atoms with Crippen LogP contribution in [0.3, 0.4) is 0 Å². The quantitative estimate of drug-likeness (QED) is 0.800. The van der Waals surface area contributed by atoms with Crippen LogP contribution in [-0.2, 0) is 4.79 Å². The van der Waals surface area contributed by atoms with Gasteiger partial charge < -0.3 is 9.90 Å². The largest absolute Gasteiger partial charge is 0.507 e. The van der Waals surface area contributed by atoms with Crippen LogP contribution >= 0.6 is 11.6 Å². The van der Waals surface area contributed by atoms with Crippen molar-refractivity contribution >= 4 is 30.2 Å². The van der Waals surface area contributed by atoms with Gasteiger partial charge in [-0.15, -0.1) is 0 Å². The predicted molar refractivity (Wildman–Crippen MR) is 58.2 cm³/mol. The van der Waals surface area contributed by atoms with E-state index in [0.717, 1.165) is 6.29 Å². The van der Waals surface area contributed by atoms with E-state index in [2.05, 4.69) is 0 Å². The van der Waals surface area contributed by atoms with E-state index >= 15 is 0 Å². The Labute approximate surface area is 92.0 Å². The molecule has 0 radical (unpaired) electrons. The second-order valence-corrected chi connectivity index (χ2v) is 3.29. The summed E-state index contributed by atoms with van der Waals surface area (Å²) in [6.07, 6.45) is 4.63. The first-order valence-corrected chi connectivity index (χ1v) is 4.64. The summed E-state index contributed by atoms with van der Waals surface area (Å²) in [4.78, 5) is 20.6. The zero-order valence-corrected chi connectivity index (χ0v) is 8.57. The molecule has 0 fully saturated rings. The van der Waals surface area contributed by atoms with Crippen molar-refractivity contribution in [2.24, 2.45) is 0 Å². The third kappa shape index (κ3) is 2.92. The van der Waals surface area contributed by atoms with Crippen molar-refractivity contribution in [1.29, 1.82) is 0 Å². The van der Waals surface area contributed by atoms with E-state index in [0.29, 0.717) is 16.9 Å². The van der Waals surface area contributed by atoms with Gasteiger partial charge in [-0.2, -0.15) is 0 Å². The van der Waals surface area contributed by atoms with E-state index in [4.69, 9.17) is 11.6 Å². The number of aldehydes is 2. The van der Waals surface area contributed by atoms with Gasteiger partial charge >= 0.3 is 0 Å². The Bertz CT molecular complexity index is 411. The summed E-state index contributed by atoms with van der Waals surface area (Å²) in [7, 11) is 0. The van der Waals surface area contributed by atoms with Crippen LogP contribution in [-0.4, -0.2) is 17.7 Å². The number of benzene rings is 1. The molecule has 15 heavy (non-hydrogen) atoms. The average Bonchev–Trinajstić information content (AvgIpc) is 2.23. The minimum atomic E-state index is -0.128. The molecule has 0 bridgehead atoms. The van der Waals surface area contributed by atoms with Gasteiger partial charge in [0.25, 0.3) is 0 Å². The third-order valence-electron chi connectivity index (χ3n) is 1.79. The number of allylic oxidation sites excluding steroid dienone is 1. The Kier molecular flexibility index (Phi) is 4.06. The minimum absolute atomic E-state index is 0.128. The number of rotatable bonds is 4. The van der Waals surface area contributed by atoms with Crippen LogP contribution in [0.1, 0.15) is 22.3 Å². The fraction of sp³-hybridized carbons (Fsp3) is 0.0909. The van der Waals surface area contributed by atoms with Crippen LogP contribution in [0.4, 0.5) is 0 Å². The van der Waals surface area contributed by atoms with E-state index in [9.17, 15) is 14.7 Å². The average molecular weight is 225 g/mol. The number of carbonyl (C=O) groups is 2. The summed E-state index contributed by atoms with van der Waals surface area (Å²) >= 11 is 5.74. The molecule has 0 aliphatic carbocycles. The van der Waals surface area contributed by atoms with E-state index in [1.165, 1.54) is 12.1 Å². The number of halogens is 1. The molecule has 0 atom stereocenters. The lowest BCUT2D eigenvalue weighted by atomic mass is 10.1. The minimum Gasteiger partial charge on any atom is -0.507 e. The first-order chi connectivity index (χ1) is 7.19. The highest BCUT2D eigenvalue weighted by Crippen LogP contribution is 2.27. The molecule has 0 saturated heterocycles.